The van der Waals surface area contributed by atoms with Crippen LogP contribution in [0.1, 0.15) is 36.8 Å². The molecule has 4 amide bonds. The summed E-state index contributed by atoms with van der Waals surface area (Å²) in [4.78, 5) is 40.6. The van der Waals surface area contributed by atoms with E-state index in [9.17, 15) is 46.0 Å². The average Bonchev–Trinajstić information content (AvgIpc) is 3.01. The molecule has 37 heavy (non-hydrogen) atoms. The fraction of sp³-hybridized carbons (Fsp3) is 0.391. The molecule has 2 aromatic rings. The lowest BCUT2D eigenvalue weighted by molar-refractivity contribution is -0.494. The van der Waals surface area contributed by atoms with Crippen LogP contribution in [0.4, 0.5) is 47.3 Å². The van der Waals surface area contributed by atoms with Crippen molar-refractivity contribution in [3.05, 3.63) is 69.8 Å². The summed E-state index contributed by atoms with van der Waals surface area (Å²) in [5, 5.41) is 11.8. The summed E-state index contributed by atoms with van der Waals surface area (Å²) in [5.41, 5.74) is -5.11. The van der Waals surface area contributed by atoms with Gasteiger partial charge in [-0.2, -0.15) is 26.3 Å². The first-order chi connectivity index (χ1) is 17.3. The molecule has 0 aromatic heterocycles. The van der Waals surface area contributed by atoms with Crippen molar-refractivity contribution in [3.63, 3.8) is 0 Å². The third-order valence-corrected chi connectivity index (χ3v) is 6.43. The van der Waals surface area contributed by atoms with Crippen molar-refractivity contribution < 1.29 is 40.9 Å². The first-order valence-electron chi connectivity index (χ1n) is 11.2. The number of fused-ring (bicyclic) bond motifs is 1. The van der Waals surface area contributed by atoms with Gasteiger partial charge in [0.05, 0.1) is 16.8 Å². The minimum Gasteiger partial charge on any atom is -0.294 e. The van der Waals surface area contributed by atoms with Gasteiger partial charge in [0, 0.05) is 17.2 Å². The number of hydrogen-bond acceptors (Lipinski definition) is 4. The summed E-state index contributed by atoms with van der Waals surface area (Å²) in [7, 11) is 0. The van der Waals surface area contributed by atoms with E-state index in [1.54, 1.807) is 0 Å². The number of anilines is 2. The maximum absolute atomic E-state index is 13.8. The number of hydrogen-bond donors (Lipinski definition) is 0. The maximum Gasteiger partial charge on any atom is 0.416 e. The average molecular weight is 530 g/mol. The van der Waals surface area contributed by atoms with Crippen molar-refractivity contribution in [1.82, 2.24) is 4.90 Å². The van der Waals surface area contributed by atoms with E-state index in [1.807, 2.05) is 0 Å². The Balaban J connectivity index is 1.95. The lowest BCUT2D eigenvalue weighted by atomic mass is 9.96. The quantitative estimate of drug-likeness (QED) is 0.270. The van der Waals surface area contributed by atoms with Crippen molar-refractivity contribution in [3.8, 4) is 0 Å². The lowest BCUT2D eigenvalue weighted by Gasteiger charge is -2.53. The first kappa shape index (κ1) is 26.2. The van der Waals surface area contributed by atoms with Crippen LogP contribution in [0, 0.1) is 10.1 Å². The van der Waals surface area contributed by atoms with Gasteiger partial charge in [-0.05, 0) is 55.7 Å². The van der Waals surface area contributed by atoms with Gasteiger partial charge >= 0.3 is 24.4 Å². The largest absolute Gasteiger partial charge is 0.416 e. The zero-order chi connectivity index (χ0) is 27.2. The molecule has 2 aliphatic rings. The first-order valence-corrected chi connectivity index (χ1v) is 11.2. The summed E-state index contributed by atoms with van der Waals surface area (Å²) in [5.74, 6) is 0. The molecule has 0 aliphatic carbocycles. The maximum atomic E-state index is 13.8. The summed E-state index contributed by atoms with van der Waals surface area (Å²) in [6.45, 7) is -1.08. The molecule has 14 heteroatoms. The zero-order valence-electron chi connectivity index (χ0n) is 19.1. The van der Waals surface area contributed by atoms with Crippen LogP contribution < -0.4 is 9.80 Å². The Morgan fingerprint density at radius 2 is 1.41 bits per heavy atom. The fourth-order valence-corrected chi connectivity index (χ4v) is 4.84. The van der Waals surface area contributed by atoms with Gasteiger partial charge in [-0.25, -0.2) is 14.5 Å². The number of imide groups is 1. The smallest absolute Gasteiger partial charge is 0.294 e. The van der Waals surface area contributed by atoms with Crippen LogP contribution >= 0.6 is 0 Å². The van der Waals surface area contributed by atoms with E-state index in [2.05, 4.69) is 0 Å². The molecule has 8 nitrogen and oxygen atoms in total. The Bertz CT molecular complexity index is 1230. The predicted molar refractivity (Wildman–Crippen MR) is 118 cm³/mol. The Morgan fingerprint density at radius 1 is 0.838 bits per heavy atom. The molecule has 2 heterocycles. The molecule has 198 valence electrons. The molecule has 0 bridgehead atoms. The molecule has 0 spiro atoms. The van der Waals surface area contributed by atoms with E-state index in [1.165, 1.54) is 0 Å². The molecular formula is C23H20F6N4O4. The van der Waals surface area contributed by atoms with Gasteiger partial charge in [-0.1, -0.05) is 18.6 Å². The SMILES string of the molecule is O=C1N(c2cccc(C(F)(F)F)c2)C(=O)N(c2cccc(C(F)(F)F)c2)[C@@]2(C[N+](=O)[O-])CCCCCN12. The fourth-order valence-electron chi connectivity index (χ4n) is 4.84. The van der Waals surface area contributed by atoms with E-state index >= 15 is 0 Å². The van der Waals surface area contributed by atoms with Crippen LogP contribution in [0.25, 0.3) is 0 Å². The highest BCUT2D eigenvalue weighted by atomic mass is 19.4. The third kappa shape index (κ3) is 4.79. The summed E-state index contributed by atoms with van der Waals surface area (Å²) in [6.07, 6.45) is -8.53. The molecule has 2 aromatic carbocycles. The van der Waals surface area contributed by atoms with Gasteiger partial charge in [0.2, 0.25) is 6.54 Å². The van der Waals surface area contributed by atoms with E-state index in [0.717, 1.165) is 46.2 Å². The van der Waals surface area contributed by atoms with Gasteiger partial charge in [0.15, 0.2) is 5.66 Å². The normalized spacial score (nSPS) is 21.1. The van der Waals surface area contributed by atoms with Gasteiger partial charge in [0.1, 0.15) is 0 Å². The highest BCUT2D eigenvalue weighted by Crippen LogP contribution is 2.43. The van der Waals surface area contributed by atoms with Gasteiger partial charge < -0.3 is 0 Å². The number of nitrogens with zero attached hydrogens (tertiary/aromatic N) is 4. The molecule has 2 fully saturated rings. The number of halogens is 6. The number of rotatable bonds is 4. The second-order valence-corrected chi connectivity index (χ2v) is 8.77. The Morgan fingerprint density at radius 3 is 1.97 bits per heavy atom. The van der Waals surface area contributed by atoms with Crippen LogP contribution in [0.5, 0.6) is 0 Å². The van der Waals surface area contributed by atoms with E-state index in [4.69, 9.17) is 0 Å². The Labute approximate surface area is 206 Å². The van der Waals surface area contributed by atoms with Crippen LogP contribution in [0.2, 0.25) is 0 Å². The number of carbonyl (C=O) groups is 2. The lowest BCUT2D eigenvalue weighted by Crippen LogP contribution is -2.76. The molecule has 0 unspecified atom stereocenters. The van der Waals surface area contributed by atoms with Crippen molar-refractivity contribution in [2.45, 2.75) is 43.7 Å². The van der Waals surface area contributed by atoms with Gasteiger partial charge in [-0.15, -0.1) is 0 Å². The number of alkyl halides is 6. The highest BCUT2D eigenvalue weighted by molar-refractivity contribution is 6.21. The van der Waals surface area contributed by atoms with Crippen molar-refractivity contribution in [2.24, 2.45) is 0 Å². The van der Waals surface area contributed by atoms with Gasteiger partial charge in [-0.3, -0.25) is 19.9 Å². The Hall–Kier alpha value is -3.84. The second kappa shape index (κ2) is 9.23. The molecule has 2 saturated heterocycles. The topological polar surface area (TPSA) is 87.0 Å². The summed E-state index contributed by atoms with van der Waals surface area (Å²) < 4.78 is 80.6. The highest BCUT2D eigenvalue weighted by Gasteiger charge is 2.59. The minimum absolute atomic E-state index is 0.0924. The van der Waals surface area contributed by atoms with E-state index in [-0.39, 0.29) is 18.7 Å². The monoisotopic (exact) mass is 530 g/mol. The van der Waals surface area contributed by atoms with Crippen LogP contribution in [0.15, 0.2) is 48.5 Å². The molecule has 0 N–H and O–H groups in total. The van der Waals surface area contributed by atoms with E-state index in [0.29, 0.717) is 36.3 Å². The number of benzene rings is 2. The minimum atomic E-state index is -4.81. The standard InChI is InChI=1S/C23H20F6N4O4/c24-22(25,26)15-6-4-8-17(12-15)32-19(34)30-11-3-1-2-10-21(30,14-31(36)37)33(20(32)35)18-9-5-7-16(13-18)23(27,28)29/h4-9,12-13H,1-3,10-11,14H2/t21-/m1/s1. The number of urea groups is 2. The number of amides is 4. The van der Waals surface area contributed by atoms with Crippen molar-refractivity contribution in [2.75, 3.05) is 22.9 Å². The summed E-state index contributed by atoms with van der Waals surface area (Å²) >= 11 is 0. The van der Waals surface area contributed by atoms with E-state index < -0.39 is 58.4 Å². The molecule has 1 atom stereocenters. The van der Waals surface area contributed by atoms with Crippen molar-refractivity contribution in [1.29, 1.82) is 0 Å². The molecule has 0 saturated carbocycles. The Kier molecular flexibility index (Phi) is 6.54. The third-order valence-electron chi connectivity index (χ3n) is 6.43. The van der Waals surface area contributed by atoms with Crippen molar-refractivity contribution >= 4 is 23.4 Å². The number of nitro groups is 1. The zero-order valence-corrected chi connectivity index (χ0v) is 19.1. The van der Waals surface area contributed by atoms with Crippen LogP contribution in [0.3, 0.4) is 0 Å². The molecule has 2 aliphatic heterocycles. The predicted octanol–water partition coefficient (Wildman–Crippen LogP) is 6.14. The molecule has 0 radical (unpaired) electrons. The number of carbonyl (C=O) groups excluding carboxylic acids is 2. The second-order valence-electron chi connectivity index (χ2n) is 8.77. The van der Waals surface area contributed by atoms with Gasteiger partial charge in [0.25, 0.3) is 0 Å². The molecular weight excluding hydrogens is 510 g/mol. The van der Waals surface area contributed by atoms with Crippen LogP contribution in [-0.4, -0.2) is 40.6 Å². The molecule has 4 rings (SSSR count). The summed E-state index contributed by atoms with van der Waals surface area (Å²) in [6, 6.07) is 4.51. The van der Waals surface area contributed by atoms with Crippen LogP contribution in [-0.2, 0) is 12.4 Å².